The van der Waals surface area contributed by atoms with Crippen LogP contribution in [0.4, 0.5) is 13.2 Å². The van der Waals surface area contributed by atoms with Crippen molar-refractivity contribution < 1.29 is 13.2 Å². The molecule has 2 heterocycles. The highest BCUT2D eigenvalue weighted by Gasteiger charge is 2.36. The van der Waals surface area contributed by atoms with Crippen LogP contribution in [-0.4, -0.2) is 9.13 Å². The number of aromatic nitrogens is 2. The molecule has 0 bridgehead atoms. The molecule has 0 fully saturated rings. The summed E-state index contributed by atoms with van der Waals surface area (Å²) in [6.45, 7) is 12.7. The number of aryl methyl sites for hydroxylation is 6. The van der Waals surface area contributed by atoms with E-state index in [2.05, 4.69) is 113 Å². The highest BCUT2D eigenvalue weighted by Crippen LogP contribution is 2.47. The minimum absolute atomic E-state index is 0.00231. The van der Waals surface area contributed by atoms with E-state index >= 15 is 13.2 Å². The lowest BCUT2D eigenvalue weighted by Crippen LogP contribution is -2.11. The summed E-state index contributed by atoms with van der Waals surface area (Å²) < 4.78 is 51.1. The Morgan fingerprint density at radius 1 is 0.435 bits per heavy atom. The molecule has 8 aromatic carbocycles. The molecule has 0 amide bonds. The van der Waals surface area contributed by atoms with Crippen molar-refractivity contribution in [2.24, 2.45) is 0 Å². The number of nitriles is 1. The quantitative estimate of drug-likeness (QED) is 0.170. The topological polar surface area (TPSA) is 33.6 Å². The molecule has 0 unspecified atom stereocenters. The van der Waals surface area contributed by atoms with Crippen molar-refractivity contribution in [3.63, 3.8) is 0 Å². The SMILES string of the molecule is Cc1cc(C)c(-c2ccc3c(c2)c2ccccc2n3-c2ccc(C#N)cc2-c2c(-n3c4ccccc4c4cc(-c5c(C)cc(C)cc5C)ccc43)cccc2C(F)(F)F)c(C)c1. The number of nitrogens with zero attached hydrogens (tertiary/aromatic N) is 3. The van der Waals surface area contributed by atoms with Gasteiger partial charge in [-0.25, -0.2) is 0 Å². The lowest BCUT2D eigenvalue weighted by atomic mass is 9.92. The van der Waals surface area contributed by atoms with Gasteiger partial charge in [0.15, 0.2) is 0 Å². The molecule has 0 aliphatic heterocycles. The van der Waals surface area contributed by atoms with Crippen LogP contribution in [0.25, 0.3) is 88.4 Å². The normalized spacial score (nSPS) is 11.9. The van der Waals surface area contributed by atoms with Gasteiger partial charge in [0.05, 0.1) is 50.6 Å². The van der Waals surface area contributed by atoms with Crippen molar-refractivity contribution >= 4 is 43.6 Å². The lowest BCUT2D eigenvalue weighted by molar-refractivity contribution is -0.137. The Kier molecular flexibility index (Phi) is 9.01. The molecule has 6 heteroatoms. The maximum Gasteiger partial charge on any atom is 0.417 e. The number of fused-ring (bicyclic) bond motifs is 6. The third kappa shape index (κ3) is 6.10. The number of rotatable bonds is 5. The molecule has 0 atom stereocenters. The molecular weight excluding hydrogens is 772 g/mol. The predicted molar refractivity (Wildman–Crippen MR) is 250 cm³/mol. The van der Waals surface area contributed by atoms with Crippen LogP contribution in [0, 0.1) is 52.9 Å². The molecule has 0 saturated carbocycles. The van der Waals surface area contributed by atoms with Crippen LogP contribution in [0.2, 0.25) is 0 Å². The van der Waals surface area contributed by atoms with Crippen LogP contribution < -0.4 is 0 Å². The van der Waals surface area contributed by atoms with E-state index in [1.807, 2.05) is 53.1 Å². The first-order valence-electron chi connectivity index (χ1n) is 20.8. The van der Waals surface area contributed by atoms with E-state index in [0.29, 0.717) is 16.9 Å². The van der Waals surface area contributed by atoms with Crippen LogP contribution in [-0.2, 0) is 6.18 Å². The summed E-state index contributed by atoms with van der Waals surface area (Å²) >= 11 is 0. The van der Waals surface area contributed by atoms with Gasteiger partial charge >= 0.3 is 6.18 Å². The number of hydrogen-bond acceptors (Lipinski definition) is 1. The highest BCUT2D eigenvalue weighted by molar-refractivity contribution is 6.13. The first-order valence-corrected chi connectivity index (χ1v) is 20.8. The van der Waals surface area contributed by atoms with Gasteiger partial charge in [0.1, 0.15) is 0 Å². The first kappa shape index (κ1) is 38.8. The monoisotopic (exact) mass is 813 g/mol. The zero-order valence-electron chi connectivity index (χ0n) is 35.3. The second-order valence-electron chi connectivity index (χ2n) is 16.8. The van der Waals surface area contributed by atoms with Gasteiger partial charge < -0.3 is 9.13 Å². The van der Waals surface area contributed by atoms with Crippen LogP contribution >= 0.6 is 0 Å². The van der Waals surface area contributed by atoms with E-state index in [0.717, 1.165) is 77.5 Å². The fraction of sp³-hybridized carbons (Fsp3) is 0.125. The van der Waals surface area contributed by atoms with Gasteiger partial charge in [-0.05, 0) is 153 Å². The Morgan fingerprint density at radius 2 is 0.903 bits per heavy atom. The molecule has 62 heavy (non-hydrogen) atoms. The van der Waals surface area contributed by atoms with Crippen molar-refractivity contribution in [3.05, 3.63) is 190 Å². The van der Waals surface area contributed by atoms with Gasteiger partial charge in [-0.1, -0.05) is 90.0 Å². The van der Waals surface area contributed by atoms with E-state index in [-0.39, 0.29) is 11.1 Å². The molecule has 10 rings (SSSR count). The van der Waals surface area contributed by atoms with Crippen molar-refractivity contribution in [3.8, 4) is 50.8 Å². The molecule has 0 aliphatic carbocycles. The molecule has 0 spiro atoms. The van der Waals surface area contributed by atoms with E-state index in [9.17, 15) is 5.26 Å². The average Bonchev–Trinajstić information content (AvgIpc) is 3.74. The molecular formula is C56H42F3N3. The van der Waals surface area contributed by atoms with Crippen LogP contribution in [0.3, 0.4) is 0 Å². The summed E-state index contributed by atoms with van der Waals surface area (Å²) in [4.78, 5) is 0. The Bertz CT molecular complexity index is 3490. The Hall–Kier alpha value is -7.36. The van der Waals surface area contributed by atoms with Crippen LogP contribution in [0.5, 0.6) is 0 Å². The van der Waals surface area contributed by atoms with Gasteiger partial charge in [0.25, 0.3) is 0 Å². The third-order valence-electron chi connectivity index (χ3n) is 12.5. The molecule has 0 aliphatic rings. The van der Waals surface area contributed by atoms with Gasteiger partial charge in [0, 0.05) is 32.7 Å². The zero-order chi connectivity index (χ0) is 43.2. The standard InChI is InChI=1S/C56H42F3N3/c1-32-24-34(3)53(35(4)25-32)39-19-22-49-43(29-39)41-12-7-9-15-47(41)61(49)51-21-18-38(31-60)28-45(51)55-46(56(57,58)59)14-11-17-52(55)62-48-16-10-8-13-42(48)44-30-40(20-23-50(44)62)54-36(5)26-33(2)27-37(54)6/h7-30H,1-6H3. The summed E-state index contributed by atoms with van der Waals surface area (Å²) in [6, 6.07) is 49.1. The predicted octanol–water partition coefficient (Wildman–Crippen LogP) is 15.6. The van der Waals surface area contributed by atoms with Gasteiger partial charge in [-0.15, -0.1) is 0 Å². The van der Waals surface area contributed by atoms with E-state index in [1.54, 1.807) is 24.3 Å². The number of benzene rings is 8. The van der Waals surface area contributed by atoms with Crippen molar-refractivity contribution in [2.45, 2.75) is 47.7 Å². The minimum Gasteiger partial charge on any atom is -0.309 e. The van der Waals surface area contributed by atoms with Gasteiger partial charge in [-0.2, -0.15) is 18.4 Å². The Morgan fingerprint density at radius 3 is 1.39 bits per heavy atom. The van der Waals surface area contributed by atoms with E-state index < -0.39 is 11.7 Å². The maximum atomic E-state index is 15.7. The van der Waals surface area contributed by atoms with Gasteiger partial charge in [0.2, 0.25) is 0 Å². The summed E-state index contributed by atoms with van der Waals surface area (Å²) in [5, 5.41) is 14.1. The maximum absolute atomic E-state index is 15.7. The zero-order valence-corrected chi connectivity index (χ0v) is 35.3. The fourth-order valence-corrected chi connectivity index (χ4v) is 10.3. The average molecular weight is 814 g/mol. The molecule has 0 radical (unpaired) electrons. The summed E-state index contributed by atoms with van der Waals surface area (Å²) in [6.07, 6.45) is -4.73. The molecule has 10 aromatic rings. The summed E-state index contributed by atoms with van der Waals surface area (Å²) in [5.41, 5.74) is 15.4. The minimum atomic E-state index is -4.73. The second kappa shape index (κ2) is 14.4. The number of halogens is 3. The van der Waals surface area contributed by atoms with Crippen LogP contribution in [0.1, 0.15) is 44.5 Å². The van der Waals surface area contributed by atoms with Crippen molar-refractivity contribution in [1.29, 1.82) is 5.26 Å². The van der Waals surface area contributed by atoms with Crippen molar-refractivity contribution in [1.82, 2.24) is 9.13 Å². The van der Waals surface area contributed by atoms with Crippen LogP contribution in [0.15, 0.2) is 146 Å². The molecule has 0 saturated heterocycles. The Labute approximate surface area is 358 Å². The third-order valence-corrected chi connectivity index (χ3v) is 12.5. The number of alkyl halides is 3. The summed E-state index contributed by atoms with van der Waals surface area (Å²) in [7, 11) is 0. The lowest BCUT2D eigenvalue weighted by Gasteiger charge is -2.22. The Balaban J connectivity index is 1.28. The number of hydrogen-bond donors (Lipinski definition) is 0. The molecule has 302 valence electrons. The van der Waals surface area contributed by atoms with Crippen molar-refractivity contribution in [2.75, 3.05) is 0 Å². The van der Waals surface area contributed by atoms with Gasteiger partial charge in [-0.3, -0.25) is 0 Å². The highest BCUT2D eigenvalue weighted by atomic mass is 19.4. The largest absolute Gasteiger partial charge is 0.417 e. The number of para-hydroxylation sites is 2. The smallest absolute Gasteiger partial charge is 0.309 e. The fourth-order valence-electron chi connectivity index (χ4n) is 10.3. The molecule has 3 nitrogen and oxygen atoms in total. The van der Waals surface area contributed by atoms with E-state index in [4.69, 9.17) is 0 Å². The molecule has 0 N–H and O–H groups in total. The second-order valence-corrected chi connectivity index (χ2v) is 16.8. The molecule has 2 aromatic heterocycles. The first-order chi connectivity index (χ1) is 29.8. The van der Waals surface area contributed by atoms with E-state index in [1.165, 1.54) is 33.9 Å². The summed E-state index contributed by atoms with van der Waals surface area (Å²) in [5.74, 6) is 0.